The summed E-state index contributed by atoms with van der Waals surface area (Å²) < 4.78 is 4.97. The van der Waals surface area contributed by atoms with Crippen molar-refractivity contribution in [3.05, 3.63) is 34.3 Å². The predicted molar refractivity (Wildman–Crippen MR) is 95.0 cm³/mol. The minimum absolute atomic E-state index is 0.162. The van der Waals surface area contributed by atoms with E-state index in [2.05, 4.69) is 12.2 Å². The first-order valence-electron chi connectivity index (χ1n) is 8.54. The number of carbonyl (C=O) groups excluding carboxylic acids is 2. The number of esters is 1. The van der Waals surface area contributed by atoms with Crippen LogP contribution in [0.25, 0.3) is 0 Å². The summed E-state index contributed by atoms with van der Waals surface area (Å²) >= 11 is 6.21. The molecule has 1 aliphatic rings. The van der Waals surface area contributed by atoms with E-state index in [9.17, 15) is 9.59 Å². The summed E-state index contributed by atoms with van der Waals surface area (Å²) in [5, 5.41) is 3.52. The number of carbonyl (C=O) groups is 2. The Labute approximate surface area is 148 Å². The maximum Gasteiger partial charge on any atom is 0.331 e. The van der Waals surface area contributed by atoms with Gasteiger partial charge in [0.1, 0.15) is 5.54 Å². The van der Waals surface area contributed by atoms with E-state index >= 15 is 0 Å². The van der Waals surface area contributed by atoms with Gasteiger partial charge in [0.05, 0.1) is 13.5 Å². The van der Waals surface area contributed by atoms with Gasteiger partial charge in [0.25, 0.3) is 0 Å². The molecule has 0 bridgehead atoms. The van der Waals surface area contributed by atoms with Crippen molar-refractivity contribution >= 4 is 23.5 Å². The van der Waals surface area contributed by atoms with Crippen molar-refractivity contribution in [1.82, 2.24) is 5.32 Å². The highest BCUT2D eigenvalue weighted by Gasteiger charge is 2.43. The van der Waals surface area contributed by atoms with Crippen LogP contribution in [0.3, 0.4) is 0 Å². The van der Waals surface area contributed by atoms with E-state index in [1.54, 1.807) is 0 Å². The molecule has 1 aliphatic carbocycles. The van der Waals surface area contributed by atoms with Crippen molar-refractivity contribution in [3.8, 4) is 0 Å². The second-order valence-electron chi connectivity index (χ2n) is 6.75. The van der Waals surface area contributed by atoms with Gasteiger partial charge in [-0.15, -0.1) is 0 Å². The Balaban J connectivity index is 2.09. The molecule has 1 N–H and O–H groups in total. The van der Waals surface area contributed by atoms with Crippen LogP contribution in [0.1, 0.15) is 50.2 Å². The first-order valence-corrected chi connectivity index (χ1v) is 8.92. The molecule has 0 aliphatic heterocycles. The van der Waals surface area contributed by atoms with Gasteiger partial charge in [-0.05, 0) is 55.7 Å². The highest BCUT2D eigenvalue weighted by molar-refractivity contribution is 6.31. The molecule has 0 saturated heterocycles. The van der Waals surface area contributed by atoms with Crippen LogP contribution in [0.5, 0.6) is 0 Å². The van der Waals surface area contributed by atoms with Crippen LogP contribution in [0.4, 0.5) is 0 Å². The molecule has 2 rings (SSSR count). The molecule has 1 aromatic carbocycles. The summed E-state index contributed by atoms with van der Waals surface area (Å²) in [6, 6.07) is 5.62. The Morgan fingerprint density at radius 3 is 2.54 bits per heavy atom. The van der Waals surface area contributed by atoms with Crippen LogP contribution in [0.15, 0.2) is 18.2 Å². The zero-order valence-electron chi connectivity index (χ0n) is 14.7. The van der Waals surface area contributed by atoms with Crippen molar-refractivity contribution in [2.75, 3.05) is 7.11 Å². The second-order valence-corrected chi connectivity index (χ2v) is 7.15. The van der Waals surface area contributed by atoms with Gasteiger partial charge in [-0.2, -0.15) is 0 Å². The summed E-state index contributed by atoms with van der Waals surface area (Å²) in [5.41, 5.74) is 0.921. The molecule has 1 saturated carbocycles. The molecule has 0 aromatic heterocycles. The SMILES string of the molecule is CCC1CCC(NC(=O)Cc2ccc(C)cc2Cl)(C(=O)OC)CC1. The molecular formula is C19H26ClNO3. The third-order valence-electron chi connectivity index (χ3n) is 5.05. The minimum Gasteiger partial charge on any atom is -0.467 e. The second kappa shape index (κ2) is 8.02. The fourth-order valence-corrected chi connectivity index (χ4v) is 3.74. The van der Waals surface area contributed by atoms with Gasteiger partial charge in [0, 0.05) is 5.02 Å². The molecule has 1 fully saturated rings. The summed E-state index contributed by atoms with van der Waals surface area (Å²) in [7, 11) is 1.37. The molecule has 1 amide bonds. The van der Waals surface area contributed by atoms with E-state index in [1.807, 2.05) is 25.1 Å². The fraction of sp³-hybridized carbons (Fsp3) is 0.579. The molecule has 4 nitrogen and oxygen atoms in total. The molecule has 0 heterocycles. The van der Waals surface area contributed by atoms with Crippen LogP contribution >= 0.6 is 11.6 Å². The van der Waals surface area contributed by atoms with Gasteiger partial charge in [0.15, 0.2) is 0 Å². The van der Waals surface area contributed by atoms with Crippen molar-refractivity contribution in [2.24, 2.45) is 5.92 Å². The zero-order valence-corrected chi connectivity index (χ0v) is 15.4. The molecule has 1 aromatic rings. The van der Waals surface area contributed by atoms with Crippen LogP contribution in [-0.2, 0) is 20.7 Å². The van der Waals surface area contributed by atoms with Crippen molar-refractivity contribution in [1.29, 1.82) is 0 Å². The Bertz CT molecular complexity index is 607. The van der Waals surface area contributed by atoms with E-state index in [-0.39, 0.29) is 18.3 Å². The largest absolute Gasteiger partial charge is 0.467 e. The lowest BCUT2D eigenvalue weighted by atomic mass is 9.75. The van der Waals surface area contributed by atoms with Crippen molar-refractivity contribution < 1.29 is 14.3 Å². The molecule has 0 radical (unpaired) electrons. The highest BCUT2D eigenvalue weighted by Crippen LogP contribution is 2.34. The molecule has 0 atom stereocenters. The first-order chi connectivity index (χ1) is 11.4. The summed E-state index contributed by atoms with van der Waals surface area (Å²) in [5.74, 6) is 0.0766. The molecule has 0 unspecified atom stereocenters. The van der Waals surface area contributed by atoms with E-state index < -0.39 is 5.54 Å². The number of halogens is 1. The van der Waals surface area contributed by atoms with Crippen LogP contribution in [0.2, 0.25) is 5.02 Å². The number of methoxy groups -OCH3 is 1. The normalized spacial score (nSPS) is 23.6. The Hall–Kier alpha value is -1.55. The number of hydrogen-bond acceptors (Lipinski definition) is 3. The van der Waals surface area contributed by atoms with Crippen molar-refractivity contribution in [2.45, 2.75) is 57.9 Å². The molecule has 24 heavy (non-hydrogen) atoms. The number of nitrogens with one attached hydrogen (secondary N) is 1. The number of aryl methyl sites for hydroxylation is 1. The predicted octanol–water partition coefficient (Wildman–Crippen LogP) is 3.82. The Morgan fingerprint density at radius 1 is 1.33 bits per heavy atom. The lowest BCUT2D eigenvalue weighted by Crippen LogP contribution is -2.57. The Kier molecular flexibility index (Phi) is 6.27. The Morgan fingerprint density at radius 2 is 2.00 bits per heavy atom. The average molecular weight is 352 g/mol. The van der Waals surface area contributed by atoms with Gasteiger partial charge in [-0.1, -0.05) is 37.1 Å². The monoisotopic (exact) mass is 351 g/mol. The number of ether oxygens (including phenoxy) is 1. The van der Waals surface area contributed by atoms with Crippen LogP contribution in [0, 0.1) is 12.8 Å². The van der Waals surface area contributed by atoms with Gasteiger partial charge in [-0.3, -0.25) is 4.79 Å². The third-order valence-corrected chi connectivity index (χ3v) is 5.40. The maximum absolute atomic E-state index is 12.5. The number of rotatable bonds is 5. The average Bonchev–Trinajstić information content (AvgIpc) is 2.57. The molecule has 5 heteroatoms. The van der Waals surface area contributed by atoms with Gasteiger partial charge in [-0.25, -0.2) is 4.79 Å². The van der Waals surface area contributed by atoms with Gasteiger partial charge < -0.3 is 10.1 Å². The minimum atomic E-state index is -0.894. The van der Waals surface area contributed by atoms with Gasteiger partial charge >= 0.3 is 5.97 Å². The lowest BCUT2D eigenvalue weighted by Gasteiger charge is -2.38. The van der Waals surface area contributed by atoms with Crippen LogP contribution in [-0.4, -0.2) is 24.5 Å². The molecule has 0 spiro atoms. The summed E-state index contributed by atoms with van der Waals surface area (Å²) in [6.45, 7) is 4.11. The molecular weight excluding hydrogens is 326 g/mol. The molecule has 132 valence electrons. The smallest absolute Gasteiger partial charge is 0.331 e. The fourth-order valence-electron chi connectivity index (χ4n) is 3.43. The summed E-state index contributed by atoms with van der Waals surface area (Å²) in [6.07, 6.45) is 4.38. The highest BCUT2D eigenvalue weighted by atomic mass is 35.5. The standard InChI is InChI=1S/C19H26ClNO3/c1-4-14-7-9-19(10-8-14,18(23)24-3)21-17(22)12-15-6-5-13(2)11-16(15)20/h5-6,11,14H,4,7-10,12H2,1-3H3,(H,21,22). The zero-order chi connectivity index (χ0) is 17.7. The quantitative estimate of drug-likeness (QED) is 0.820. The van der Waals surface area contributed by atoms with E-state index in [0.717, 1.165) is 30.4 Å². The number of benzene rings is 1. The van der Waals surface area contributed by atoms with E-state index in [4.69, 9.17) is 16.3 Å². The summed E-state index contributed by atoms with van der Waals surface area (Å²) in [4.78, 5) is 24.8. The first kappa shape index (κ1) is 18.8. The lowest BCUT2D eigenvalue weighted by molar-refractivity contribution is -0.153. The maximum atomic E-state index is 12.5. The number of amides is 1. The van der Waals surface area contributed by atoms with Gasteiger partial charge in [0.2, 0.25) is 5.91 Å². The number of hydrogen-bond donors (Lipinski definition) is 1. The van der Waals surface area contributed by atoms with Crippen LogP contribution < -0.4 is 5.32 Å². The topological polar surface area (TPSA) is 55.4 Å². The third kappa shape index (κ3) is 4.29. The van der Waals surface area contributed by atoms with E-state index in [0.29, 0.717) is 23.8 Å². The van der Waals surface area contributed by atoms with E-state index in [1.165, 1.54) is 7.11 Å². The van der Waals surface area contributed by atoms with Crippen molar-refractivity contribution in [3.63, 3.8) is 0 Å².